The van der Waals surface area contributed by atoms with Gasteiger partial charge < -0.3 is 15.4 Å². The number of nitrogens with one attached hydrogen (secondary N) is 2. The summed E-state index contributed by atoms with van der Waals surface area (Å²) in [5, 5.41) is 6.26. The first kappa shape index (κ1) is 9.93. The highest BCUT2D eigenvalue weighted by molar-refractivity contribution is 5.82. The molecule has 2 heterocycles. The van der Waals surface area contributed by atoms with Crippen LogP contribution in [0.4, 0.5) is 0 Å². The summed E-state index contributed by atoms with van der Waals surface area (Å²) in [5.41, 5.74) is 0. The lowest BCUT2D eigenvalue weighted by Gasteiger charge is -2.27. The van der Waals surface area contributed by atoms with Crippen molar-refractivity contribution in [2.75, 3.05) is 13.2 Å². The lowest BCUT2D eigenvalue weighted by Crippen LogP contribution is -2.52. The minimum atomic E-state index is -0.00194. The van der Waals surface area contributed by atoms with Crippen molar-refractivity contribution in [3.05, 3.63) is 0 Å². The van der Waals surface area contributed by atoms with E-state index in [1.165, 1.54) is 0 Å². The predicted molar refractivity (Wildman–Crippen MR) is 53.0 cm³/mol. The molecule has 0 aromatic heterocycles. The van der Waals surface area contributed by atoms with Gasteiger partial charge in [0.15, 0.2) is 0 Å². The Labute approximate surface area is 84.4 Å². The molecule has 2 rings (SSSR count). The van der Waals surface area contributed by atoms with Gasteiger partial charge in [0.05, 0.1) is 12.1 Å². The summed E-state index contributed by atoms with van der Waals surface area (Å²) in [5.74, 6) is 0.148. The highest BCUT2D eigenvalue weighted by atomic mass is 16.5. The van der Waals surface area contributed by atoms with Gasteiger partial charge >= 0.3 is 0 Å². The molecule has 0 aliphatic carbocycles. The van der Waals surface area contributed by atoms with E-state index in [-0.39, 0.29) is 18.1 Å². The van der Waals surface area contributed by atoms with Crippen molar-refractivity contribution < 1.29 is 9.53 Å². The second-order valence-corrected chi connectivity index (χ2v) is 4.12. The van der Waals surface area contributed by atoms with E-state index >= 15 is 0 Å². The lowest BCUT2D eigenvalue weighted by molar-refractivity contribution is -0.124. The van der Waals surface area contributed by atoms with Crippen LogP contribution in [-0.4, -0.2) is 37.2 Å². The third-order valence-corrected chi connectivity index (χ3v) is 3.08. The fourth-order valence-electron chi connectivity index (χ4n) is 2.14. The van der Waals surface area contributed by atoms with Gasteiger partial charge in [0.25, 0.3) is 0 Å². The number of hydrogen-bond acceptors (Lipinski definition) is 3. The number of carbonyl (C=O) groups is 1. The Morgan fingerprint density at radius 3 is 3.00 bits per heavy atom. The Balaban J connectivity index is 1.86. The van der Waals surface area contributed by atoms with Crippen molar-refractivity contribution in [2.24, 2.45) is 0 Å². The summed E-state index contributed by atoms with van der Waals surface area (Å²) in [6, 6.07) is 0.349. The van der Waals surface area contributed by atoms with Crippen LogP contribution >= 0.6 is 0 Å². The van der Waals surface area contributed by atoms with E-state index in [1.807, 2.05) is 0 Å². The Morgan fingerprint density at radius 2 is 2.36 bits per heavy atom. The van der Waals surface area contributed by atoms with Crippen molar-refractivity contribution in [1.29, 1.82) is 0 Å². The normalized spacial score (nSPS) is 38.4. The number of piperidine rings is 1. The monoisotopic (exact) mass is 198 g/mol. The average molecular weight is 198 g/mol. The molecule has 1 amide bonds. The van der Waals surface area contributed by atoms with E-state index in [9.17, 15) is 4.79 Å². The molecule has 2 fully saturated rings. The van der Waals surface area contributed by atoms with Crippen molar-refractivity contribution in [3.8, 4) is 0 Å². The molecule has 3 unspecified atom stereocenters. The van der Waals surface area contributed by atoms with Crippen molar-refractivity contribution in [1.82, 2.24) is 10.6 Å². The van der Waals surface area contributed by atoms with Crippen LogP contribution < -0.4 is 10.6 Å². The van der Waals surface area contributed by atoms with E-state index < -0.39 is 0 Å². The molecule has 0 saturated carbocycles. The van der Waals surface area contributed by atoms with E-state index in [2.05, 4.69) is 17.6 Å². The highest BCUT2D eigenvalue weighted by Crippen LogP contribution is 2.15. The Bertz CT molecular complexity index is 220. The summed E-state index contributed by atoms with van der Waals surface area (Å²) in [6.07, 6.45) is 3.29. The largest absolute Gasteiger partial charge is 0.377 e. The van der Waals surface area contributed by atoms with Gasteiger partial charge in [-0.05, 0) is 26.2 Å². The van der Waals surface area contributed by atoms with E-state index in [0.29, 0.717) is 6.04 Å². The first-order chi connectivity index (χ1) is 6.77. The summed E-state index contributed by atoms with van der Waals surface area (Å²) in [6.45, 7) is 3.70. The Hall–Kier alpha value is -0.610. The SMILES string of the molecule is CC1OCCC1NC1CCCNC1=O. The quantitative estimate of drug-likeness (QED) is 0.658. The molecule has 0 spiro atoms. The van der Waals surface area contributed by atoms with Gasteiger partial charge in [-0.3, -0.25) is 4.79 Å². The molecule has 4 heteroatoms. The van der Waals surface area contributed by atoms with E-state index in [1.54, 1.807) is 0 Å². The average Bonchev–Trinajstić information content (AvgIpc) is 2.56. The van der Waals surface area contributed by atoms with Gasteiger partial charge in [0, 0.05) is 19.2 Å². The molecule has 0 bridgehead atoms. The molecule has 2 aliphatic heterocycles. The maximum Gasteiger partial charge on any atom is 0.237 e. The Morgan fingerprint density at radius 1 is 1.50 bits per heavy atom. The summed E-state index contributed by atoms with van der Waals surface area (Å²) < 4.78 is 5.45. The molecule has 14 heavy (non-hydrogen) atoms. The maximum absolute atomic E-state index is 11.5. The molecule has 2 N–H and O–H groups in total. The van der Waals surface area contributed by atoms with Gasteiger partial charge in [-0.15, -0.1) is 0 Å². The predicted octanol–water partition coefficient (Wildman–Crippen LogP) is 0.0320. The van der Waals surface area contributed by atoms with Crippen LogP contribution in [0.3, 0.4) is 0 Å². The molecule has 0 aromatic carbocycles. The topological polar surface area (TPSA) is 50.4 Å². The highest BCUT2D eigenvalue weighted by Gasteiger charge is 2.30. The van der Waals surface area contributed by atoms with Gasteiger partial charge in [-0.25, -0.2) is 0 Å². The van der Waals surface area contributed by atoms with Gasteiger partial charge in [-0.1, -0.05) is 0 Å². The zero-order valence-corrected chi connectivity index (χ0v) is 8.58. The van der Waals surface area contributed by atoms with Crippen LogP contribution in [-0.2, 0) is 9.53 Å². The zero-order valence-electron chi connectivity index (χ0n) is 8.58. The molecular weight excluding hydrogens is 180 g/mol. The Kier molecular flexibility index (Phi) is 3.03. The fraction of sp³-hybridized carbons (Fsp3) is 0.900. The summed E-state index contributed by atoms with van der Waals surface area (Å²) >= 11 is 0. The van der Waals surface area contributed by atoms with Crippen molar-refractivity contribution >= 4 is 5.91 Å². The second kappa shape index (κ2) is 4.28. The minimum absolute atomic E-state index is 0.00194. The van der Waals surface area contributed by atoms with Gasteiger partial charge in [0.1, 0.15) is 0 Å². The van der Waals surface area contributed by atoms with Crippen molar-refractivity contribution in [2.45, 2.75) is 44.4 Å². The van der Waals surface area contributed by atoms with Crippen LogP contribution in [0.5, 0.6) is 0 Å². The maximum atomic E-state index is 11.5. The van der Waals surface area contributed by atoms with E-state index in [4.69, 9.17) is 4.74 Å². The minimum Gasteiger partial charge on any atom is -0.377 e. The molecule has 0 radical (unpaired) electrons. The first-order valence-corrected chi connectivity index (χ1v) is 5.43. The summed E-state index contributed by atoms with van der Waals surface area (Å²) in [4.78, 5) is 11.5. The van der Waals surface area contributed by atoms with Crippen LogP contribution in [0.2, 0.25) is 0 Å². The molecular formula is C10H18N2O2. The van der Waals surface area contributed by atoms with Crippen LogP contribution in [0.15, 0.2) is 0 Å². The first-order valence-electron chi connectivity index (χ1n) is 5.43. The third-order valence-electron chi connectivity index (χ3n) is 3.08. The molecule has 3 atom stereocenters. The smallest absolute Gasteiger partial charge is 0.237 e. The molecule has 80 valence electrons. The zero-order chi connectivity index (χ0) is 9.97. The number of carbonyl (C=O) groups excluding carboxylic acids is 1. The van der Waals surface area contributed by atoms with Crippen LogP contribution in [0, 0.1) is 0 Å². The van der Waals surface area contributed by atoms with Crippen LogP contribution in [0.1, 0.15) is 26.2 Å². The standard InChI is InChI=1S/C10H18N2O2/c1-7-8(4-6-14-7)12-9-3-2-5-11-10(9)13/h7-9,12H,2-6H2,1H3,(H,11,13). The number of amides is 1. The molecule has 0 aromatic rings. The van der Waals surface area contributed by atoms with Crippen molar-refractivity contribution in [3.63, 3.8) is 0 Å². The lowest BCUT2D eigenvalue weighted by atomic mass is 10.0. The number of ether oxygens (including phenoxy) is 1. The van der Waals surface area contributed by atoms with Gasteiger partial charge in [-0.2, -0.15) is 0 Å². The third kappa shape index (κ3) is 2.07. The molecule has 2 aliphatic rings. The number of hydrogen-bond donors (Lipinski definition) is 2. The van der Waals surface area contributed by atoms with E-state index in [0.717, 1.165) is 32.4 Å². The number of rotatable bonds is 2. The molecule has 2 saturated heterocycles. The molecule has 4 nitrogen and oxygen atoms in total. The second-order valence-electron chi connectivity index (χ2n) is 4.12. The fourth-order valence-corrected chi connectivity index (χ4v) is 2.14. The summed E-state index contributed by atoms with van der Waals surface area (Å²) in [7, 11) is 0. The van der Waals surface area contributed by atoms with Crippen LogP contribution in [0.25, 0.3) is 0 Å². The van der Waals surface area contributed by atoms with Gasteiger partial charge in [0.2, 0.25) is 5.91 Å².